The van der Waals surface area contributed by atoms with Crippen LogP contribution in [0.1, 0.15) is 36.9 Å². The molecule has 3 rings (SSSR count). The molecular weight excluding hydrogens is 292 g/mol. The number of aromatic nitrogens is 2. The molecule has 1 aromatic heterocycles. The lowest BCUT2D eigenvalue weighted by atomic mass is 9.95. The van der Waals surface area contributed by atoms with Crippen LogP contribution in [0.4, 0.5) is 10.6 Å². The van der Waals surface area contributed by atoms with Gasteiger partial charge in [-0.2, -0.15) is 0 Å². The zero-order chi connectivity index (χ0) is 14.8. The Kier molecular flexibility index (Phi) is 4.14. The number of hydrogen-bond donors (Lipinski definition) is 2. The van der Waals surface area contributed by atoms with E-state index < -0.39 is 6.09 Å². The highest BCUT2D eigenvalue weighted by atomic mass is 35.5. The van der Waals surface area contributed by atoms with Gasteiger partial charge in [-0.1, -0.05) is 0 Å². The number of nitrogens with zero attached hydrogens (tertiary/aromatic N) is 3. The molecule has 0 bridgehead atoms. The first-order chi connectivity index (χ1) is 10.1. The molecule has 1 atom stereocenters. The summed E-state index contributed by atoms with van der Waals surface area (Å²) in [6.45, 7) is 1.53. The molecule has 1 aliphatic carbocycles. The van der Waals surface area contributed by atoms with Crippen molar-refractivity contribution in [2.45, 2.75) is 44.6 Å². The van der Waals surface area contributed by atoms with Gasteiger partial charge in [-0.25, -0.2) is 14.8 Å². The van der Waals surface area contributed by atoms with E-state index in [4.69, 9.17) is 16.7 Å². The Morgan fingerprint density at radius 3 is 2.90 bits per heavy atom. The predicted octanol–water partition coefficient (Wildman–Crippen LogP) is 2.25. The summed E-state index contributed by atoms with van der Waals surface area (Å²) in [4.78, 5) is 21.8. The SMILES string of the molecule is O=C(O)NC1CCCN(c2nc(Cl)nc3c2CCCC3)C1. The summed E-state index contributed by atoms with van der Waals surface area (Å²) < 4.78 is 0. The summed E-state index contributed by atoms with van der Waals surface area (Å²) in [7, 11) is 0. The maximum atomic E-state index is 10.8. The zero-order valence-electron chi connectivity index (χ0n) is 11.8. The number of carbonyl (C=O) groups is 1. The van der Waals surface area contributed by atoms with E-state index in [-0.39, 0.29) is 6.04 Å². The average Bonchev–Trinajstić information content (AvgIpc) is 2.46. The van der Waals surface area contributed by atoms with Gasteiger partial charge < -0.3 is 15.3 Å². The van der Waals surface area contributed by atoms with Gasteiger partial charge in [0, 0.05) is 24.7 Å². The smallest absolute Gasteiger partial charge is 0.404 e. The summed E-state index contributed by atoms with van der Waals surface area (Å²) >= 11 is 6.06. The van der Waals surface area contributed by atoms with Crippen molar-refractivity contribution in [3.8, 4) is 0 Å². The van der Waals surface area contributed by atoms with Gasteiger partial charge in [-0.15, -0.1) is 0 Å². The third kappa shape index (κ3) is 3.20. The van der Waals surface area contributed by atoms with Crippen molar-refractivity contribution >= 4 is 23.5 Å². The van der Waals surface area contributed by atoms with Crippen molar-refractivity contribution in [1.82, 2.24) is 15.3 Å². The number of halogens is 1. The molecule has 7 heteroatoms. The average molecular weight is 311 g/mol. The Hall–Kier alpha value is -1.56. The van der Waals surface area contributed by atoms with Crippen LogP contribution >= 0.6 is 11.6 Å². The topological polar surface area (TPSA) is 78.4 Å². The molecule has 21 heavy (non-hydrogen) atoms. The minimum absolute atomic E-state index is 0.0516. The van der Waals surface area contributed by atoms with Crippen LogP contribution in [0.3, 0.4) is 0 Å². The van der Waals surface area contributed by atoms with Crippen molar-refractivity contribution in [3.05, 3.63) is 16.5 Å². The normalized spacial score (nSPS) is 21.8. The van der Waals surface area contributed by atoms with Gasteiger partial charge in [0.05, 0.1) is 5.69 Å². The number of fused-ring (bicyclic) bond motifs is 1. The van der Waals surface area contributed by atoms with Gasteiger partial charge in [-0.3, -0.25) is 0 Å². The first-order valence-corrected chi connectivity index (χ1v) is 7.81. The lowest BCUT2D eigenvalue weighted by Crippen LogP contribution is -2.48. The molecule has 6 nitrogen and oxygen atoms in total. The van der Waals surface area contributed by atoms with Gasteiger partial charge >= 0.3 is 6.09 Å². The second kappa shape index (κ2) is 6.05. The number of amides is 1. The van der Waals surface area contributed by atoms with Gasteiger partial charge in [0.1, 0.15) is 5.82 Å². The summed E-state index contributed by atoms with van der Waals surface area (Å²) in [5.41, 5.74) is 2.26. The molecule has 0 saturated carbocycles. The van der Waals surface area contributed by atoms with Crippen LogP contribution in [0, 0.1) is 0 Å². The van der Waals surface area contributed by atoms with Crippen LogP contribution in [0.25, 0.3) is 0 Å². The molecule has 2 aliphatic rings. The molecule has 1 aromatic rings. The Morgan fingerprint density at radius 1 is 1.29 bits per heavy atom. The van der Waals surface area contributed by atoms with Gasteiger partial charge in [0.2, 0.25) is 5.28 Å². The molecule has 1 unspecified atom stereocenters. The minimum atomic E-state index is -0.968. The highest BCUT2D eigenvalue weighted by Crippen LogP contribution is 2.30. The lowest BCUT2D eigenvalue weighted by Gasteiger charge is -2.35. The van der Waals surface area contributed by atoms with Gasteiger partial charge in [-0.05, 0) is 50.1 Å². The number of carboxylic acid groups (broad SMARTS) is 1. The summed E-state index contributed by atoms with van der Waals surface area (Å²) in [5, 5.41) is 11.7. The molecule has 2 heterocycles. The Morgan fingerprint density at radius 2 is 2.10 bits per heavy atom. The molecule has 1 saturated heterocycles. The fraction of sp³-hybridized carbons (Fsp3) is 0.643. The van der Waals surface area contributed by atoms with E-state index in [1.54, 1.807) is 0 Å². The highest BCUT2D eigenvalue weighted by molar-refractivity contribution is 6.28. The fourth-order valence-corrected chi connectivity index (χ4v) is 3.45. The molecule has 1 fully saturated rings. The number of nitrogens with one attached hydrogen (secondary N) is 1. The monoisotopic (exact) mass is 310 g/mol. The zero-order valence-corrected chi connectivity index (χ0v) is 12.6. The first-order valence-electron chi connectivity index (χ1n) is 7.43. The summed E-state index contributed by atoms with van der Waals surface area (Å²) in [6, 6.07) is -0.0516. The van der Waals surface area contributed by atoms with E-state index in [9.17, 15) is 4.79 Å². The molecule has 1 amide bonds. The van der Waals surface area contributed by atoms with E-state index in [0.717, 1.165) is 56.6 Å². The Balaban J connectivity index is 1.85. The number of anilines is 1. The van der Waals surface area contributed by atoms with Crippen molar-refractivity contribution in [2.75, 3.05) is 18.0 Å². The van der Waals surface area contributed by atoms with Crippen molar-refractivity contribution in [2.24, 2.45) is 0 Å². The molecule has 114 valence electrons. The molecule has 1 aliphatic heterocycles. The van der Waals surface area contributed by atoms with E-state index in [1.807, 2.05) is 0 Å². The minimum Gasteiger partial charge on any atom is -0.465 e. The summed E-state index contributed by atoms with van der Waals surface area (Å²) in [6.07, 6.45) is 5.07. The van der Waals surface area contributed by atoms with Crippen LogP contribution in [0.2, 0.25) is 5.28 Å². The number of hydrogen-bond acceptors (Lipinski definition) is 4. The second-order valence-corrected chi connectivity index (χ2v) is 6.02. The van der Waals surface area contributed by atoms with E-state index in [1.165, 1.54) is 5.56 Å². The van der Waals surface area contributed by atoms with Gasteiger partial charge in [0.15, 0.2) is 0 Å². The predicted molar refractivity (Wildman–Crippen MR) is 80.1 cm³/mol. The molecule has 2 N–H and O–H groups in total. The van der Waals surface area contributed by atoms with E-state index >= 15 is 0 Å². The molecule has 0 spiro atoms. The van der Waals surface area contributed by atoms with E-state index in [2.05, 4.69) is 20.2 Å². The Bertz CT molecular complexity index is 552. The highest BCUT2D eigenvalue weighted by Gasteiger charge is 2.26. The quantitative estimate of drug-likeness (QED) is 0.819. The van der Waals surface area contributed by atoms with Crippen LogP contribution in [-0.2, 0) is 12.8 Å². The maximum absolute atomic E-state index is 10.8. The van der Waals surface area contributed by atoms with Crippen molar-refractivity contribution in [3.63, 3.8) is 0 Å². The molecule has 0 aromatic carbocycles. The third-order valence-corrected chi connectivity index (χ3v) is 4.35. The molecular formula is C14H19ClN4O2. The maximum Gasteiger partial charge on any atom is 0.404 e. The lowest BCUT2D eigenvalue weighted by molar-refractivity contribution is 0.188. The van der Waals surface area contributed by atoms with Crippen molar-refractivity contribution in [1.29, 1.82) is 0 Å². The second-order valence-electron chi connectivity index (χ2n) is 5.68. The van der Waals surface area contributed by atoms with Crippen LogP contribution < -0.4 is 10.2 Å². The number of aryl methyl sites for hydroxylation is 1. The van der Waals surface area contributed by atoms with Crippen LogP contribution in [0.15, 0.2) is 0 Å². The first kappa shape index (κ1) is 14.4. The number of piperidine rings is 1. The van der Waals surface area contributed by atoms with Crippen molar-refractivity contribution < 1.29 is 9.90 Å². The number of rotatable bonds is 2. The van der Waals surface area contributed by atoms with Crippen LogP contribution in [-0.4, -0.2) is 40.3 Å². The standard InChI is InChI=1S/C14H19ClN4O2/c15-13-17-11-6-2-1-5-10(11)12(18-13)19-7-3-4-9(8-19)16-14(20)21/h9,16H,1-8H2,(H,20,21). The summed E-state index contributed by atoms with van der Waals surface area (Å²) in [5.74, 6) is 0.904. The largest absolute Gasteiger partial charge is 0.465 e. The third-order valence-electron chi connectivity index (χ3n) is 4.18. The Labute approximate surface area is 128 Å². The fourth-order valence-electron chi connectivity index (χ4n) is 3.27. The van der Waals surface area contributed by atoms with Crippen LogP contribution in [0.5, 0.6) is 0 Å². The van der Waals surface area contributed by atoms with Gasteiger partial charge in [0.25, 0.3) is 0 Å². The van der Waals surface area contributed by atoms with E-state index in [0.29, 0.717) is 11.8 Å². The molecule has 0 radical (unpaired) electrons.